The van der Waals surface area contributed by atoms with E-state index in [0.717, 1.165) is 0 Å². The fourth-order valence-corrected chi connectivity index (χ4v) is 4.82. The van der Waals surface area contributed by atoms with Gasteiger partial charge in [-0.2, -0.15) is 9.97 Å². The van der Waals surface area contributed by atoms with E-state index in [2.05, 4.69) is 19.7 Å². The number of nitrogens with one attached hydrogen (secondary N) is 1. The lowest BCUT2D eigenvalue weighted by molar-refractivity contribution is 0.382. The second-order valence-corrected chi connectivity index (χ2v) is 8.93. The Labute approximate surface area is 181 Å². The van der Waals surface area contributed by atoms with Gasteiger partial charge in [0.1, 0.15) is 12.4 Å². The van der Waals surface area contributed by atoms with Crippen molar-refractivity contribution in [1.82, 2.24) is 15.0 Å². The van der Waals surface area contributed by atoms with Crippen molar-refractivity contribution in [3.63, 3.8) is 0 Å². The van der Waals surface area contributed by atoms with Gasteiger partial charge in [0.2, 0.25) is 0 Å². The maximum absolute atomic E-state index is 13.1. The van der Waals surface area contributed by atoms with Crippen molar-refractivity contribution in [2.45, 2.75) is 11.6 Å². The van der Waals surface area contributed by atoms with Crippen molar-refractivity contribution in [2.24, 2.45) is 0 Å². The van der Waals surface area contributed by atoms with Gasteiger partial charge in [-0.1, -0.05) is 6.07 Å². The van der Waals surface area contributed by atoms with Crippen LogP contribution in [0.15, 0.2) is 52.9 Å². The summed E-state index contributed by atoms with van der Waals surface area (Å²) in [5.41, 5.74) is 1.90. The average molecular weight is 461 g/mol. The molecule has 0 bridgehead atoms. The molecule has 0 radical (unpaired) electrons. The molecular formula is C20H17FN4O4S2. The van der Waals surface area contributed by atoms with Gasteiger partial charge >= 0.3 is 6.01 Å². The fraction of sp³-hybridized carbons (Fsp3) is 0.150. The van der Waals surface area contributed by atoms with E-state index in [1.165, 1.54) is 43.9 Å². The first-order valence-corrected chi connectivity index (χ1v) is 11.3. The lowest BCUT2D eigenvalue weighted by Crippen LogP contribution is -2.12. The highest BCUT2D eigenvalue weighted by Crippen LogP contribution is 2.36. The third-order valence-electron chi connectivity index (χ3n) is 4.47. The predicted octanol–water partition coefficient (Wildman–Crippen LogP) is 4.04. The standard InChI is InChI=1S/C20H17FN4O4S2/c1-28-17-9-12(11-21)3-5-15(17)18-14-6-4-13(10-16(14)23-19(24-18)29-2)31(26,27)25-20-22-7-8-30-20/h3-10H,11H2,1-2H3,(H,22,25). The lowest BCUT2D eigenvalue weighted by atomic mass is 10.0. The number of halogens is 1. The number of alkyl halides is 1. The summed E-state index contributed by atoms with van der Waals surface area (Å²) in [7, 11) is -0.965. The Hall–Kier alpha value is -3.31. The van der Waals surface area contributed by atoms with Gasteiger partial charge in [0.05, 0.1) is 30.3 Å². The Balaban J connectivity index is 1.87. The molecule has 0 aliphatic rings. The maximum atomic E-state index is 13.1. The number of nitrogens with zero attached hydrogens (tertiary/aromatic N) is 3. The van der Waals surface area contributed by atoms with Crippen LogP contribution in [0.5, 0.6) is 11.8 Å². The molecule has 11 heteroatoms. The molecule has 8 nitrogen and oxygen atoms in total. The van der Waals surface area contributed by atoms with E-state index in [9.17, 15) is 12.8 Å². The molecular weight excluding hydrogens is 443 g/mol. The summed E-state index contributed by atoms with van der Waals surface area (Å²) in [6.07, 6.45) is 1.51. The summed E-state index contributed by atoms with van der Waals surface area (Å²) in [4.78, 5) is 12.7. The van der Waals surface area contributed by atoms with E-state index in [4.69, 9.17) is 9.47 Å². The number of anilines is 1. The number of aromatic nitrogens is 3. The minimum Gasteiger partial charge on any atom is -0.496 e. The zero-order chi connectivity index (χ0) is 22.0. The van der Waals surface area contributed by atoms with E-state index >= 15 is 0 Å². The minimum atomic E-state index is -3.86. The monoisotopic (exact) mass is 460 g/mol. The first-order chi connectivity index (χ1) is 14.9. The number of benzene rings is 2. The highest BCUT2D eigenvalue weighted by Gasteiger charge is 2.20. The zero-order valence-electron chi connectivity index (χ0n) is 16.5. The molecule has 160 valence electrons. The summed E-state index contributed by atoms with van der Waals surface area (Å²) in [5, 5.41) is 2.52. The zero-order valence-corrected chi connectivity index (χ0v) is 18.1. The van der Waals surface area contributed by atoms with Crippen LogP contribution >= 0.6 is 11.3 Å². The van der Waals surface area contributed by atoms with Crippen LogP contribution in [-0.2, 0) is 16.7 Å². The van der Waals surface area contributed by atoms with Crippen LogP contribution in [0.25, 0.3) is 22.2 Å². The highest BCUT2D eigenvalue weighted by atomic mass is 32.2. The largest absolute Gasteiger partial charge is 0.496 e. The molecule has 0 atom stereocenters. The molecule has 2 aromatic heterocycles. The third-order valence-corrected chi connectivity index (χ3v) is 6.62. The predicted molar refractivity (Wildman–Crippen MR) is 116 cm³/mol. The SMILES string of the molecule is COc1nc(-c2ccc(CF)cc2OC)c2ccc(S(=O)(=O)Nc3nccs3)cc2n1. The number of fused-ring (bicyclic) bond motifs is 1. The first-order valence-electron chi connectivity index (χ1n) is 8.96. The number of ether oxygens (including phenoxy) is 2. The Morgan fingerprint density at radius 2 is 1.94 bits per heavy atom. The van der Waals surface area contributed by atoms with Crippen molar-refractivity contribution in [3.05, 3.63) is 53.5 Å². The molecule has 4 aromatic rings. The Kier molecular flexibility index (Phi) is 5.70. The number of hydrogen-bond acceptors (Lipinski definition) is 8. The van der Waals surface area contributed by atoms with Crippen molar-refractivity contribution in [3.8, 4) is 23.0 Å². The number of sulfonamides is 1. The molecule has 0 aliphatic heterocycles. The molecule has 0 amide bonds. The molecule has 0 aliphatic carbocycles. The van der Waals surface area contributed by atoms with Crippen LogP contribution in [0.2, 0.25) is 0 Å². The summed E-state index contributed by atoms with van der Waals surface area (Å²) in [6, 6.07) is 9.48. The van der Waals surface area contributed by atoms with Crippen LogP contribution < -0.4 is 14.2 Å². The average Bonchev–Trinajstić information content (AvgIpc) is 3.29. The Bertz CT molecular complexity index is 1350. The molecule has 0 fully saturated rings. The van der Waals surface area contributed by atoms with Crippen LogP contribution in [0.1, 0.15) is 5.56 Å². The van der Waals surface area contributed by atoms with Gasteiger partial charge in [0.25, 0.3) is 10.0 Å². The Morgan fingerprint density at radius 1 is 1.10 bits per heavy atom. The molecule has 2 aromatic carbocycles. The second kappa shape index (κ2) is 8.44. The fourth-order valence-electron chi connectivity index (χ4n) is 3.01. The molecule has 31 heavy (non-hydrogen) atoms. The van der Waals surface area contributed by atoms with Crippen molar-refractivity contribution >= 4 is 37.4 Å². The minimum absolute atomic E-state index is 0.0154. The van der Waals surface area contributed by atoms with Crippen molar-refractivity contribution < 1.29 is 22.3 Å². The summed E-state index contributed by atoms with van der Waals surface area (Å²) in [5.74, 6) is 0.430. The quantitative estimate of drug-likeness (QED) is 0.444. The van der Waals surface area contributed by atoms with Gasteiger partial charge in [0.15, 0.2) is 5.13 Å². The van der Waals surface area contributed by atoms with Gasteiger partial charge in [-0.3, -0.25) is 4.72 Å². The maximum Gasteiger partial charge on any atom is 0.317 e. The van der Waals surface area contributed by atoms with Gasteiger partial charge in [-0.05, 0) is 35.9 Å². The molecule has 0 unspecified atom stereocenters. The molecule has 2 heterocycles. The van der Waals surface area contributed by atoms with E-state index in [1.54, 1.807) is 29.6 Å². The van der Waals surface area contributed by atoms with Crippen molar-refractivity contribution in [2.75, 3.05) is 18.9 Å². The van der Waals surface area contributed by atoms with Gasteiger partial charge in [-0.25, -0.2) is 17.8 Å². The number of rotatable bonds is 7. The van der Waals surface area contributed by atoms with E-state index in [1.807, 2.05) is 0 Å². The van der Waals surface area contributed by atoms with E-state index < -0.39 is 16.7 Å². The van der Waals surface area contributed by atoms with Crippen LogP contribution in [0.4, 0.5) is 9.52 Å². The summed E-state index contributed by atoms with van der Waals surface area (Å²) in [6.45, 7) is -0.627. The van der Waals surface area contributed by atoms with Crippen LogP contribution in [0, 0.1) is 0 Å². The van der Waals surface area contributed by atoms with E-state index in [-0.39, 0.29) is 16.0 Å². The number of hydrogen-bond donors (Lipinski definition) is 1. The number of methoxy groups -OCH3 is 2. The van der Waals surface area contributed by atoms with Crippen molar-refractivity contribution in [1.29, 1.82) is 0 Å². The topological polar surface area (TPSA) is 103 Å². The summed E-state index contributed by atoms with van der Waals surface area (Å²) >= 11 is 1.17. The van der Waals surface area contributed by atoms with E-state index in [0.29, 0.717) is 33.5 Å². The molecule has 4 rings (SSSR count). The molecule has 0 saturated heterocycles. The Morgan fingerprint density at radius 3 is 2.61 bits per heavy atom. The third kappa shape index (κ3) is 4.14. The first kappa shape index (κ1) is 20.9. The molecule has 0 spiro atoms. The smallest absolute Gasteiger partial charge is 0.317 e. The van der Waals surface area contributed by atoms with Gasteiger partial charge in [0, 0.05) is 22.5 Å². The molecule has 1 N–H and O–H groups in total. The summed E-state index contributed by atoms with van der Waals surface area (Å²) < 4.78 is 51.6. The van der Waals surface area contributed by atoms with Crippen LogP contribution in [-0.4, -0.2) is 37.6 Å². The van der Waals surface area contributed by atoms with Gasteiger partial charge in [-0.15, -0.1) is 11.3 Å². The second-order valence-electron chi connectivity index (χ2n) is 6.35. The number of thiazole rings is 1. The van der Waals surface area contributed by atoms with Crippen LogP contribution in [0.3, 0.4) is 0 Å². The lowest BCUT2D eigenvalue weighted by Gasteiger charge is -2.13. The highest BCUT2D eigenvalue weighted by molar-refractivity contribution is 7.93. The normalized spacial score (nSPS) is 11.5. The van der Waals surface area contributed by atoms with Gasteiger partial charge < -0.3 is 9.47 Å². The molecule has 0 saturated carbocycles.